The molecule has 4 rings (SSSR count). The molecular formula is C44H55N5O14S2. The summed E-state index contributed by atoms with van der Waals surface area (Å²) in [5.41, 5.74) is 3.81. The lowest BCUT2D eigenvalue weighted by atomic mass is 9.91. The number of carbonyl (C=O) groups excluding carboxylic acids is 6. The lowest BCUT2D eigenvalue weighted by molar-refractivity contribution is -0.197. The molecule has 0 spiro atoms. The highest BCUT2D eigenvalue weighted by Crippen LogP contribution is 2.31. The van der Waals surface area contributed by atoms with Crippen LogP contribution in [0.5, 0.6) is 5.75 Å². The maximum atomic E-state index is 14.2. The van der Waals surface area contributed by atoms with Gasteiger partial charge in [-0.1, -0.05) is 42.5 Å². The lowest BCUT2D eigenvalue weighted by Gasteiger charge is -2.22. The zero-order chi connectivity index (χ0) is 47.7. The fourth-order valence-electron chi connectivity index (χ4n) is 6.88. The molecule has 0 aromatic heterocycles. The number of carbonyl (C=O) groups is 6. The van der Waals surface area contributed by atoms with Gasteiger partial charge in [0.25, 0.3) is 38.0 Å². The molecule has 21 heteroatoms. The number of allylic oxidation sites excluding steroid dienone is 5. The molecule has 0 atom stereocenters. The van der Waals surface area contributed by atoms with Crippen molar-refractivity contribution < 1.29 is 64.3 Å². The smallest absolute Gasteiger partial charge is 0.344 e. The number of nitrogens with one attached hydrogen (secondary N) is 2. The van der Waals surface area contributed by atoms with Crippen molar-refractivity contribution in [2.75, 3.05) is 50.8 Å². The zero-order valence-corrected chi connectivity index (χ0v) is 38.2. The molecule has 0 bridgehead atoms. The summed E-state index contributed by atoms with van der Waals surface area (Å²) in [6, 6.07) is 10.4. The van der Waals surface area contributed by atoms with E-state index >= 15 is 0 Å². The summed E-state index contributed by atoms with van der Waals surface area (Å²) in [7, 11) is -8.43. The van der Waals surface area contributed by atoms with Gasteiger partial charge in [-0.3, -0.25) is 33.3 Å². The predicted molar refractivity (Wildman–Crippen MR) is 240 cm³/mol. The van der Waals surface area contributed by atoms with Crippen LogP contribution in [0, 0.1) is 20.8 Å². The molecule has 2 aromatic carbocycles. The van der Waals surface area contributed by atoms with E-state index < -0.39 is 61.4 Å². The van der Waals surface area contributed by atoms with E-state index in [-0.39, 0.29) is 81.9 Å². The van der Waals surface area contributed by atoms with Gasteiger partial charge in [0, 0.05) is 63.0 Å². The Kier molecular flexibility index (Phi) is 19.5. The lowest BCUT2D eigenvalue weighted by Crippen LogP contribution is -2.35. The summed E-state index contributed by atoms with van der Waals surface area (Å²) in [6.45, 7) is 6.48. The van der Waals surface area contributed by atoms with Crippen LogP contribution in [0.3, 0.4) is 0 Å². The van der Waals surface area contributed by atoms with Gasteiger partial charge in [0.05, 0.1) is 22.8 Å². The number of hydroxylamine groups is 2. The van der Waals surface area contributed by atoms with Crippen LogP contribution < -0.4 is 15.4 Å². The minimum atomic E-state index is -4.26. The third kappa shape index (κ3) is 17.2. The Morgan fingerprint density at radius 1 is 0.769 bits per heavy atom. The molecule has 1 aliphatic heterocycles. The maximum absolute atomic E-state index is 14.2. The van der Waals surface area contributed by atoms with Crippen LogP contribution in [-0.4, -0.2) is 128 Å². The van der Waals surface area contributed by atoms with E-state index in [4.69, 9.17) is 14.1 Å². The van der Waals surface area contributed by atoms with E-state index in [0.29, 0.717) is 64.5 Å². The normalized spacial score (nSPS) is 15.4. The summed E-state index contributed by atoms with van der Waals surface area (Å²) >= 11 is 0. The quantitative estimate of drug-likeness (QED) is 0.0293. The molecule has 1 aliphatic carbocycles. The zero-order valence-electron chi connectivity index (χ0n) is 36.5. The SMILES string of the molecule is Cc1ccccc1/C(C(=O)Oc1c(C)cc(C(=O)NCCCN(CCCNC(=O)CCCC(=O)ON2C(=O)CCC2=O)CCS(=O)(=O)O)cc1C)=C1/C=CC=CC1=NCCCS(=O)(=O)O. The van der Waals surface area contributed by atoms with E-state index in [1.807, 2.05) is 19.1 Å². The van der Waals surface area contributed by atoms with Gasteiger partial charge >= 0.3 is 11.9 Å². The van der Waals surface area contributed by atoms with Crippen molar-refractivity contribution in [3.05, 3.63) is 94.1 Å². The number of aliphatic imine (C=N–C) groups is 1. The van der Waals surface area contributed by atoms with Crippen LogP contribution in [0.2, 0.25) is 0 Å². The Hall–Kier alpha value is -5.87. The van der Waals surface area contributed by atoms with Gasteiger partial charge in [-0.2, -0.15) is 16.8 Å². The molecule has 4 N–H and O–H groups in total. The minimum absolute atomic E-state index is 0.00379. The van der Waals surface area contributed by atoms with E-state index in [1.54, 1.807) is 67.3 Å². The fourth-order valence-corrected chi connectivity index (χ4v) is 7.86. The Balaban J connectivity index is 1.32. The van der Waals surface area contributed by atoms with Gasteiger partial charge in [-0.15, -0.1) is 5.06 Å². The van der Waals surface area contributed by atoms with Crippen LogP contribution in [0.15, 0.2) is 71.3 Å². The number of nitrogens with zero attached hydrogens (tertiary/aromatic N) is 3. The first-order valence-electron chi connectivity index (χ1n) is 21.0. The molecular weight excluding hydrogens is 887 g/mol. The molecule has 2 aliphatic rings. The van der Waals surface area contributed by atoms with E-state index in [1.165, 1.54) is 0 Å². The average Bonchev–Trinajstić information content (AvgIpc) is 3.55. The van der Waals surface area contributed by atoms with E-state index in [9.17, 15) is 50.2 Å². The molecule has 4 amide bonds. The molecule has 0 radical (unpaired) electrons. The maximum Gasteiger partial charge on any atom is 0.344 e. The molecule has 1 heterocycles. The molecule has 2 aromatic rings. The topological polar surface area (TPSA) is 273 Å². The second kappa shape index (κ2) is 24.4. The van der Waals surface area contributed by atoms with Crippen LogP contribution in [0.25, 0.3) is 5.57 Å². The van der Waals surface area contributed by atoms with Crippen LogP contribution in [0.1, 0.15) is 84.0 Å². The summed E-state index contributed by atoms with van der Waals surface area (Å²) in [5.74, 6) is -4.15. The number of imide groups is 1. The molecule has 0 saturated carbocycles. The monoisotopic (exact) mass is 941 g/mol. The first-order chi connectivity index (χ1) is 30.7. The molecule has 65 heavy (non-hydrogen) atoms. The summed E-state index contributed by atoms with van der Waals surface area (Å²) < 4.78 is 70.0. The number of aryl methyl sites for hydroxylation is 3. The Morgan fingerprint density at radius 3 is 2.02 bits per heavy atom. The highest BCUT2D eigenvalue weighted by atomic mass is 32.2. The summed E-state index contributed by atoms with van der Waals surface area (Å²) in [4.78, 5) is 86.0. The number of esters is 1. The summed E-state index contributed by atoms with van der Waals surface area (Å²) in [6.07, 6.45) is 7.67. The van der Waals surface area contributed by atoms with Crippen molar-refractivity contribution >= 4 is 67.1 Å². The largest absolute Gasteiger partial charge is 0.422 e. The molecule has 1 fully saturated rings. The van der Waals surface area contributed by atoms with Crippen molar-refractivity contribution in [2.24, 2.45) is 4.99 Å². The highest BCUT2D eigenvalue weighted by Gasteiger charge is 2.33. The number of ether oxygens (including phenoxy) is 1. The van der Waals surface area contributed by atoms with Crippen LogP contribution in [-0.2, 0) is 49.0 Å². The fraction of sp³-hybridized carbons (Fsp3) is 0.432. The first kappa shape index (κ1) is 51.8. The second-order valence-corrected chi connectivity index (χ2v) is 18.5. The number of amides is 4. The Labute approximate surface area is 378 Å². The van der Waals surface area contributed by atoms with Gasteiger partial charge < -0.3 is 25.1 Å². The van der Waals surface area contributed by atoms with Crippen molar-refractivity contribution in [1.29, 1.82) is 0 Å². The number of benzene rings is 2. The van der Waals surface area contributed by atoms with Gasteiger partial charge in [0.2, 0.25) is 5.91 Å². The number of hydrogen-bond donors (Lipinski definition) is 4. The number of hydrogen-bond acceptors (Lipinski definition) is 14. The first-order valence-corrected chi connectivity index (χ1v) is 24.2. The minimum Gasteiger partial charge on any atom is -0.422 e. The van der Waals surface area contributed by atoms with Crippen molar-refractivity contribution in [1.82, 2.24) is 20.6 Å². The van der Waals surface area contributed by atoms with Gasteiger partial charge in [0.15, 0.2) is 0 Å². The van der Waals surface area contributed by atoms with Gasteiger partial charge in [-0.25, -0.2) is 9.59 Å². The summed E-state index contributed by atoms with van der Waals surface area (Å²) in [5, 5.41) is 6.01. The molecule has 352 valence electrons. The van der Waals surface area contributed by atoms with E-state index in [2.05, 4.69) is 15.6 Å². The van der Waals surface area contributed by atoms with Gasteiger partial charge in [-0.05, 0) is 100 Å². The highest BCUT2D eigenvalue weighted by molar-refractivity contribution is 7.86. The van der Waals surface area contributed by atoms with Crippen LogP contribution >= 0.6 is 0 Å². The number of rotatable bonds is 24. The average molecular weight is 942 g/mol. The van der Waals surface area contributed by atoms with Crippen molar-refractivity contribution in [2.45, 2.75) is 72.1 Å². The second-order valence-electron chi connectivity index (χ2n) is 15.4. The Bertz CT molecular complexity index is 2440. The van der Waals surface area contributed by atoms with Gasteiger partial charge in [0.1, 0.15) is 5.75 Å². The van der Waals surface area contributed by atoms with Crippen LogP contribution in [0.4, 0.5) is 0 Å². The van der Waals surface area contributed by atoms with Crippen molar-refractivity contribution in [3.8, 4) is 5.75 Å². The molecule has 1 saturated heterocycles. The predicted octanol–water partition coefficient (Wildman–Crippen LogP) is 3.41. The molecule has 0 unspecified atom stereocenters. The third-order valence-electron chi connectivity index (χ3n) is 10.1. The Morgan fingerprint density at radius 2 is 1.38 bits per heavy atom. The molecule has 19 nitrogen and oxygen atoms in total. The van der Waals surface area contributed by atoms with E-state index in [0.717, 1.165) is 5.56 Å². The van der Waals surface area contributed by atoms with Crippen molar-refractivity contribution in [3.63, 3.8) is 0 Å². The standard InChI is InChI=1S/C44H55N5O14S2/c1-30-12-4-5-13-34(30)41(35-14-6-7-15-36(35)45-22-11-26-64(56,57)58)44(55)62-42-31(2)28-33(29-32(42)3)43(54)47-21-10-24-48(25-27-65(59,60)61)23-9-20-46-37(50)16-8-17-40(53)63-49-38(51)18-19-39(49)52/h4-7,12-15,28-29H,8-11,16-27H2,1-3H3,(H,46,50)(H,47,54)(H,56,57,58)(H,59,60,61)/b41-35+,45-36?. The third-order valence-corrected chi connectivity index (χ3v) is 11.6.